The van der Waals surface area contributed by atoms with Crippen molar-refractivity contribution in [3.05, 3.63) is 24.5 Å². The Morgan fingerprint density at radius 2 is 2.12 bits per heavy atom. The highest BCUT2D eigenvalue weighted by molar-refractivity contribution is 7.99. The minimum Gasteiger partial charge on any atom is -0.353 e. The number of hydrogen-bond donors (Lipinski definition) is 1. The highest BCUT2D eigenvalue weighted by Gasteiger charge is 2.20. The van der Waals surface area contributed by atoms with Crippen molar-refractivity contribution in [3.8, 4) is 11.4 Å². The van der Waals surface area contributed by atoms with Gasteiger partial charge < -0.3 is 9.88 Å². The number of thioether (sulfide) groups is 1. The maximum atomic E-state index is 12.2. The molecule has 2 aromatic rings. The van der Waals surface area contributed by atoms with Gasteiger partial charge in [-0.15, -0.1) is 10.2 Å². The molecule has 2 aromatic heterocycles. The fourth-order valence-corrected chi connectivity index (χ4v) is 3.71. The Bertz CT molecular complexity index is 680. The molecule has 6 nitrogen and oxygen atoms in total. The number of carbonyl (C=O) groups is 1. The number of nitrogens with zero attached hydrogens (tertiary/aromatic N) is 4. The Labute approximate surface area is 146 Å². The monoisotopic (exact) mass is 345 g/mol. The van der Waals surface area contributed by atoms with Crippen molar-refractivity contribution in [2.75, 3.05) is 5.75 Å². The van der Waals surface area contributed by atoms with Gasteiger partial charge in [-0.25, -0.2) is 0 Å². The first kappa shape index (κ1) is 17.0. The van der Waals surface area contributed by atoms with E-state index in [0.29, 0.717) is 11.8 Å². The third-order valence-corrected chi connectivity index (χ3v) is 5.49. The van der Waals surface area contributed by atoms with Gasteiger partial charge in [0.05, 0.1) is 5.75 Å². The zero-order valence-corrected chi connectivity index (χ0v) is 14.9. The largest absolute Gasteiger partial charge is 0.353 e. The summed E-state index contributed by atoms with van der Waals surface area (Å²) in [6.45, 7) is 2.28. The topological polar surface area (TPSA) is 72.7 Å². The average molecular weight is 345 g/mol. The number of aromatic nitrogens is 4. The molecule has 2 heterocycles. The SMILES string of the molecule is CC1CCC(NC(=O)CSc2nnc(-c3cccnc3)n2C)CC1. The van der Waals surface area contributed by atoms with Crippen LogP contribution >= 0.6 is 11.8 Å². The van der Waals surface area contributed by atoms with Crippen LogP contribution in [0.4, 0.5) is 0 Å². The van der Waals surface area contributed by atoms with Crippen LogP contribution in [0.2, 0.25) is 0 Å². The molecular weight excluding hydrogens is 322 g/mol. The molecular formula is C17H23N5OS. The van der Waals surface area contributed by atoms with Crippen LogP contribution < -0.4 is 5.32 Å². The third-order valence-electron chi connectivity index (χ3n) is 4.47. The number of pyridine rings is 1. The Balaban J connectivity index is 1.53. The summed E-state index contributed by atoms with van der Waals surface area (Å²) in [7, 11) is 1.91. The fraction of sp³-hybridized carbons (Fsp3) is 0.529. The van der Waals surface area contributed by atoms with Gasteiger partial charge in [0, 0.05) is 31.0 Å². The van der Waals surface area contributed by atoms with E-state index >= 15 is 0 Å². The van der Waals surface area contributed by atoms with Crippen molar-refractivity contribution in [2.45, 2.75) is 43.8 Å². The molecule has 1 aliphatic carbocycles. The maximum absolute atomic E-state index is 12.2. The predicted octanol–water partition coefficient (Wildman–Crippen LogP) is 2.66. The van der Waals surface area contributed by atoms with Gasteiger partial charge in [0.1, 0.15) is 0 Å². The van der Waals surface area contributed by atoms with Crippen LogP contribution in [0.15, 0.2) is 29.7 Å². The van der Waals surface area contributed by atoms with E-state index in [1.165, 1.54) is 24.6 Å². The number of amides is 1. The minimum absolute atomic E-state index is 0.0745. The Hall–Kier alpha value is -1.89. The van der Waals surface area contributed by atoms with E-state index < -0.39 is 0 Å². The van der Waals surface area contributed by atoms with Crippen LogP contribution in [0, 0.1) is 5.92 Å². The lowest BCUT2D eigenvalue weighted by Crippen LogP contribution is -2.38. The first-order valence-electron chi connectivity index (χ1n) is 8.35. The molecule has 0 spiro atoms. The standard InChI is InChI=1S/C17H23N5OS/c1-12-5-7-14(8-6-12)19-15(23)11-24-17-21-20-16(22(17)2)13-4-3-9-18-10-13/h3-4,9-10,12,14H,5-8,11H2,1-2H3,(H,19,23). The van der Waals surface area contributed by atoms with Crippen molar-refractivity contribution in [3.63, 3.8) is 0 Å². The summed E-state index contributed by atoms with van der Waals surface area (Å²) in [6.07, 6.45) is 8.08. The maximum Gasteiger partial charge on any atom is 0.230 e. The van der Waals surface area contributed by atoms with Gasteiger partial charge in [-0.05, 0) is 43.7 Å². The summed E-state index contributed by atoms with van der Waals surface area (Å²) in [4.78, 5) is 16.3. The number of rotatable bonds is 5. The lowest BCUT2D eigenvalue weighted by Gasteiger charge is -2.26. The van der Waals surface area contributed by atoms with E-state index in [0.717, 1.165) is 35.3 Å². The fourth-order valence-electron chi connectivity index (χ4n) is 2.99. The van der Waals surface area contributed by atoms with Crippen molar-refractivity contribution >= 4 is 17.7 Å². The highest BCUT2D eigenvalue weighted by Crippen LogP contribution is 2.24. The molecule has 1 fully saturated rings. The lowest BCUT2D eigenvalue weighted by molar-refractivity contribution is -0.119. The number of nitrogens with one attached hydrogen (secondary N) is 1. The second kappa shape index (κ2) is 7.79. The second-order valence-electron chi connectivity index (χ2n) is 6.42. The summed E-state index contributed by atoms with van der Waals surface area (Å²) in [5, 5.41) is 12.3. The quantitative estimate of drug-likeness (QED) is 0.844. The molecule has 3 rings (SSSR count). The molecule has 1 saturated carbocycles. The Kier molecular flexibility index (Phi) is 5.50. The first-order valence-corrected chi connectivity index (χ1v) is 9.34. The Morgan fingerprint density at radius 1 is 1.33 bits per heavy atom. The summed E-state index contributed by atoms with van der Waals surface area (Å²) in [5.41, 5.74) is 0.917. The molecule has 0 radical (unpaired) electrons. The zero-order chi connectivity index (χ0) is 16.9. The van der Waals surface area contributed by atoms with Crippen LogP contribution in [0.1, 0.15) is 32.6 Å². The molecule has 7 heteroatoms. The van der Waals surface area contributed by atoms with E-state index in [9.17, 15) is 4.79 Å². The normalized spacial score (nSPS) is 20.8. The van der Waals surface area contributed by atoms with E-state index in [4.69, 9.17) is 0 Å². The van der Waals surface area contributed by atoms with Crippen LogP contribution in [0.5, 0.6) is 0 Å². The van der Waals surface area contributed by atoms with Gasteiger partial charge in [0.2, 0.25) is 5.91 Å². The number of carbonyl (C=O) groups excluding carboxylic acids is 1. The van der Waals surface area contributed by atoms with Crippen molar-refractivity contribution in [1.29, 1.82) is 0 Å². The number of hydrogen-bond acceptors (Lipinski definition) is 5. The molecule has 1 N–H and O–H groups in total. The van der Waals surface area contributed by atoms with Crippen LogP contribution in [0.25, 0.3) is 11.4 Å². The summed E-state index contributed by atoms with van der Waals surface area (Å²) >= 11 is 1.42. The highest BCUT2D eigenvalue weighted by atomic mass is 32.2. The van der Waals surface area contributed by atoms with Gasteiger partial charge >= 0.3 is 0 Å². The van der Waals surface area contributed by atoms with E-state index in [2.05, 4.69) is 27.4 Å². The second-order valence-corrected chi connectivity index (χ2v) is 7.36. The van der Waals surface area contributed by atoms with Crippen molar-refractivity contribution < 1.29 is 4.79 Å². The molecule has 0 aromatic carbocycles. The lowest BCUT2D eigenvalue weighted by atomic mass is 9.87. The van der Waals surface area contributed by atoms with Gasteiger partial charge in [0.25, 0.3) is 0 Å². The molecule has 0 bridgehead atoms. The molecule has 0 atom stereocenters. The summed E-state index contributed by atoms with van der Waals surface area (Å²) in [6, 6.07) is 4.15. The van der Waals surface area contributed by atoms with E-state index in [1.54, 1.807) is 12.4 Å². The minimum atomic E-state index is 0.0745. The van der Waals surface area contributed by atoms with Gasteiger partial charge in [-0.2, -0.15) is 0 Å². The van der Waals surface area contributed by atoms with Gasteiger partial charge in [-0.1, -0.05) is 18.7 Å². The van der Waals surface area contributed by atoms with Crippen LogP contribution in [-0.2, 0) is 11.8 Å². The Morgan fingerprint density at radius 3 is 2.83 bits per heavy atom. The van der Waals surface area contributed by atoms with E-state index in [1.807, 2.05) is 23.7 Å². The average Bonchev–Trinajstić information content (AvgIpc) is 2.97. The summed E-state index contributed by atoms with van der Waals surface area (Å²) < 4.78 is 1.90. The molecule has 128 valence electrons. The first-order chi connectivity index (χ1) is 11.6. The van der Waals surface area contributed by atoms with Crippen molar-refractivity contribution in [2.24, 2.45) is 13.0 Å². The van der Waals surface area contributed by atoms with Crippen LogP contribution in [-0.4, -0.2) is 37.5 Å². The molecule has 0 aliphatic heterocycles. The molecule has 1 aliphatic rings. The van der Waals surface area contributed by atoms with E-state index in [-0.39, 0.29) is 5.91 Å². The predicted molar refractivity (Wildman–Crippen MR) is 94.5 cm³/mol. The van der Waals surface area contributed by atoms with Gasteiger partial charge in [0.15, 0.2) is 11.0 Å². The molecule has 1 amide bonds. The molecule has 0 saturated heterocycles. The summed E-state index contributed by atoms with van der Waals surface area (Å²) in [5.74, 6) is 1.99. The smallest absolute Gasteiger partial charge is 0.230 e. The van der Waals surface area contributed by atoms with Crippen LogP contribution in [0.3, 0.4) is 0 Å². The molecule has 24 heavy (non-hydrogen) atoms. The molecule has 0 unspecified atom stereocenters. The van der Waals surface area contributed by atoms with Crippen molar-refractivity contribution in [1.82, 2.24) is 25.1 Å². The zero-order valence-electron chi connectivity index (χ0n) is 14.1. The van der Waals surface area contributed by atoms with Gasteiger partial charge in [-0.3, -0.25) is 9.78 Å². The third kappa shape index (κ3) is 4.14.